The van der Waals surface area contributed by atoms with Crippen molar-refractivity contribution in [3.8, 4) is 11.5 Å². The Balaban J connectivity index is 1.40. The lowest BCUT2D eigenvalue weighted by Gasteiger charge is -2.36. The lowest BCUT2D eigenvalue weighted by Crippen LogP contribution is -2.58. The number of likely N-dealkylation sites (tertiary alicyclic amines) is 2. The number of benzene rings is 2. The summed E-state index contributed by atoms with van der Waals surface area (Å²) in [4.78, 5) is 65.9. The van der Waals surface area contributed by atoms with Gasteiger partial charge in [-0.2, -0.15) is 0 Å². The van der Waals surface area contributed by atoms with E-state index in [1.165, 1.54) is 29.2 Å². The fourth-order valence-electron chi connectivity index (χ4n) is 8.37. The van der Waals surface area contributed by atoms with Gasteiger partial charge in [0.1, 0.15) is 29.9 Å². The van der Waals surface area contributed by atoms with Crippen LogP contribution in [0.5, 0.6) is 0 Å². The van der Waals surface area contributed by atoms with Crippen molar-refractivity contribution in [1.29, 1.82) is 0 Å². The van der Waals surface area contributed by atoms with E-state index < -0.39 is 53.4 Å². The first kappa shape index (κ1) is 43.6. The standard InChI is InChI=1S/C43H58F3N9O4/c1-9-32(51-39(56)23(2)47-7)41(58)54-21-27(46)17-29(54)20-31-30-14-12-25(44)18-33(30)49-36(31)38-50-34-19-26(45)13-15-35(34)55(38)22-28-11-10-16-53(28)42(59)37(43(4,5)6)52-40(57)24(3)48-8/h12-15,18-19,23-24,27-29,32,37,47-49H,9-11,16-17,20-22H2,1-8H3,(H,51,56)(H,52,57). The molecule has 2 aromatic carbocycles. The number of alkyl halides is 1. The average Bonchev–Trinajstić information content (AvgIpc) is 3.98. The molecule has 2 aromatic heterocycles. The van der Waals surface area contributed by atoms with Crippen LogP contribution in [0.4, 0.5) is 13.2 Å². The van der Waals surface area contributed by atoms with E-state index >= 15 is 4.39 Å². The van der Waals surface area contributed by atoms with Crippen molar-refractivity contribution >= 4 is 45.6 Å². The van der Waals surface area contributed by atoms with Crippen molar-refractivity contribution in [1.82, 2.24) is 45.6 Å². The summed E-state index contributed by atoms with van der Waals surface area (Å²) in [6.07, 6.45) is 0.612. The average molecular weight is 822 g/mol. The molecule has 0 radical (unpaired) electrons. The van der Waals surface area contributed by atoms with Crippen molar-refractivity contribution < 1.29 is 32.3 Å². The monoisotopic (exact) mass is 821 g/mol. The molecule has 320 valence electrons. The minimum absolute atomic E-state index is 0.0513. The lowest BCUT2D eigenvalue weighted by atomic mass is 9.85. The Labute approximate surface area is 343 Å². The Morgan fingerprint density at radius 1 is 0.915 bits per heavy atom. The van der Waals surface area contributed by atoms with Crippen LogP contribution in [0.15, 0.2) is 36.4 Å². The quantitative estimate of drug-likeness (QED) is 0.125. The predicted molar refractivity (Wildman–Crippen MR) is 221 cm³/mol. The molecule has 7 unspecified atom stereocenters. The number of aromatic amines is 1. The van der Waals surface area contributed by atoms with Gasteiger partial charge in [-0.05, 0) is 94.9 Å². The van der Waals surface area contributed by atoms with E-state index in [1.807, 2.05) is 30.2 Å². The molecule has 2 aliphatic rings. The molecule has 4 amide bonds. The molecule has 4 heterocycles. The van der Waals surface area contributed by atoms with Gasteiger partial charge in [0.15, 0.2) is 5.82 Å². The number of carbonyl (C=O) groups is 4. The van der Waals surface area contributed by atoms with E-state index in [-0.39, 0.29) is 55.6 Å². The van der Waals surface area contributed by atoms with Gasteiger partial charge < -0.3 is 40.6 Å². The van der Waals surface area contributed by atoms with Crippen LogP contribution in [0.2, 0.25) is 0 Å². The van der Waals surface area contributed by atoms with Gasteiger partial charge >= 0.3 is 0 Å². The zero-order chi connectivity index (χ0) is 42.9. The van der Waals surface area contributed by atoms with E-state index in [0.29, 0.717) is 58.4 Å². The van der Waals surface area contributed by atoms with Crippen LogP contribution in [0.3, 0.4) is 0 Å². The number of hydrogen-bond acceptors (Lipinski definition) is 7. The molecule has 13 nitrogen and oxygen atoms in total. The first-order valence-electron chi connectivity index (χ1n) is 20.6. The Morgan fingerprint density at radius 2 is 1.58 bits per heavy atom. The molecular weight excluding hydrogens is 764 g/mol. The third kappa shape index (κ3) is 9.13. The number of nitrogens with zero attached hydrogens (tertiary/aromatic N) is 4. The molecule has 0 saturated carbocycles. The van der Waals surface area contributed by atoms with E-state index in [0.717, 1.165) is 6.42 Å². The van der Waals surface area contributed by atoms with Gasteiger partial charge in [0.05, 0.1) is 35.4 Å². The molecule has 2 fully saturated rings. The van der Waals surface area contributed by atoms with Gasteiger partial charge in [0.2, 0.25) is 23.6 Å². The van der Waals surface area contributed by atoms with Gasteiger partial charge in [0.25, 0.3) is 0 Å². The SMILES string of the molecule is CCC(NC(=O)C(C)NC)C(=O)N1CC(F)CC1Cc1c(-c2nc3cc(F)ccc3n2CC2CCCN2C(=O)C(NC(=O)C(C)NC)C(C)(C)C)[nH]c2cc(F)ccc12. The highest BCUT2D eigenvalue weighted by Crippen LogP contribution is 2.37. The fourth-order valence-corrected chi connectivity index (χ4v) is 8.37. The molecule has 2 aliphatic heterocycles. The summed E-state index contributed by atoms with van der Waals surface area (Å²) in [6.45, 7) is 11.5. The van der Waals surface area contributed by atoms with Crippen LogP contribution in [0.1, 0.15) is 72.8 Å². The third-order valence-corrected chi connectivity index (χ3v) is 12.0. The molecular formula is C43H58F3N9O4. The van der Waals surface area contributed by atoms with E-state index in [4.69, 9.17) is 4.98 Å². The van der Waals surface area contributed by atoms with Gasteiger partial charge in [-0.15, -0.1) is 0 Å². The maximum absolute atomic E-state index is 15.4. The molecule has 7 atom stereocenters. The van der Waals surface area contributed by atoms with Crippen LogP contribution in [0, 0.1) is 17.0 Å². The van der Waals surface area contributed by atoms with Crippen molar-refractivity contribution in [3.05, 3.63) is 53.6 Å². The number of amides is 4. The summed E-state index contributed by atoms with van der Waals surface area (Å²) in [6, 6.07) is 5.02. The second-order valence-electron chi connectivity index (χ2n) is 17.2. The van der Waals surface area contributed by atoms with E-state index in [9.17, 15) is 28.0 Å². The highest BCUT2D eigenvalue weighted by atomic mass is 19.1. The number of likely N-dealkylation sites (N-methyl/N-ethyl adjacent to an activating group) is 2. The summed E-state index contributed by atoms with van der Waals surface area (Å²) in [7, 11) is 3.33. The fraction of sp³-hybridized carbons (Fsp3) is 0.558. The first-order chi connectivity index (χ1) is 27.9. The van der Waals surface area contributed by atoms with Gasteiger partial charge in [-0.25, -0.2) is 18.2 Å². The smallest absolute Gasteiger partial charge is 0.246 e. The number of hydrogen-bond donors (Lipinski definition) is 5. The van der Waals surface area contributed by atoms with Crippen LogP contribution in [0.25, 0.3) is 33.5 Å². The number of fused-ring (bicyclic) bond motifs is 2. The zero-order valence-electron chi connectivity index (χ0n) is 35.2. The summed E-state index contributed by atoms with van der Waals surface area (Å²) < 4.78 is 46.9. The van der Waals surface area contributed by atoms with Crippen molar-refractivity contribution in [2.24, 2.45) is 5.41 Å². The maximum Gasteiger partial charge on any atom is 0.246 e. The zero-order valence-corrected chi connectivity index (χ0v) is 35.2. The molecule has 0 aliphatic carbocycles. The summed E-state index contributed by atoms with van der Waals surface area (Å²) >= 11 is 0. The molecule has 0 bridgehead atoms. The van der Waals surface area contributed by atoms with Gasteiger partial charge in [-0.1, -0.05) is 27.7 Å². The van der Waals surface area contributed by atoms with Crippen molar-refractivity contribution in [2.75, 3.05) is 27.2 Å². The van der Waals surface area contributed by atoms with E-state index in [1.54, 1.807) is 47.0 Å². The number of H-pyrrole nitrogens is 1. The molecule has 0 spiro atoms. The summed E-state index contributed by atoms with van der Waals surface area (Å²) in [5.74, 6) is -1.78. The maximum atomic E-state index is 15.4. The molecule has 16 heteroatoms. The van der Waals surface area contributed by atoms with Crippen LogP contribution in [-0.4, -0.2) is 118 Å². The van der Waals surface area contributed by atoms with Crippen molar-refractivity contribution in [2.45, 2.75) is 123 Å². The van der Waals surface area contributed by atoms with Gasteiger partial charge in [0, 0.05) is 48.6 Å². The Bertz CT molecular complexity index is 2200. The number of carbonyl (C=O) groups excluding carboxylic acids is 4. The molecule has 4 aromatic rings. The highest BCUT2D eigenvalue weighted by Gasteiger charge is 2.42. The van der Waals surface area contributed by atoms with Crippen molar-refractivity contribution in [3.63, 3.8) is 0 Å². The van der Waals surface area contributed by atoms with Crippen LogP contribution < -0.4 is 21.3 Å². The minimum Gasteiger partial charge on any atom is -0.352 e. The van der Waals surface area contributed by atoms with Gasteiger partial charge in [-0.3, -0.25) is 19.2 Å². The third-order valence-electron chi connectivity index (χ3n) is 12.0. The lowest BCUT2D eigenvalue weighted by molar-refractivity contribution is -0.140. The topological polar surface area (TPSA) is 156 Å². The Morgan fingerprint density at radius 3 is 2.24 bits per heavy atom. The second-order valence-corrected chi connectivity index (χ2v) is 17.2. The highest BCUT2D eigenvalue weighted by molar-refractivity contribution is 5.93. The molecule has 6 rings (SSSR count). The largest absolute Gasteiger partial charge is 0.352 e. The van der Waals surface area contributed by atoms with Crippen LogP contribution in [-0.2, 0) is 32.1 Å². The number of rotatable bonds is 14. The number of aromatic nitrogens is 3. The summed E-state index contributed by atoms with van der Waals surface area (Å²) in [5.41, 5.74) is 2.00. The number of nitrogens with one attached hydrogen (secondary N) is 5. The number of halogens is 3. The second kappa shape index (κ2) is 17.7. The molecule has 59 heavy (non-hydrogen) atoms. The van der Waals surface area contributed by atoms with Crippen LogP contribution >= 0.6 is 0 Å². The molecule has 5 N–H and O–H groups in total. The molecule has 2 saturated heterocycles. The normalized spacial score (nSPS) is 20.6. The summed E-state index contributed by atoms with van der Waals surface area (Å²) in [5, 5.41) is 12.2. The van der Waals surface area contributed by atoms with E-state index in [2.05, 4.69) is 26.3 Å². The predicted octanol–water partition coefficient (Wildman–Crippen LogP) is 4.58. The first-order valence-corrected chi connectivity index (χ1v) is 20.6. The number of imidazole rings is 1. The minimum atomic E-state index is -1.30. The Kier molecular flexibility index (Phi) is 13.1. The Hall–Kier alpha value is -4.96.